The molecule has 70 valence electrons. The Labute approximate surface area is 78.9 Å². The van der Waals surface area contributed by atoms with Gasteiger partial charge in [-0.15, -0.1) is 0 Å². The number of anilines is 1. The Morgan fingerprint density at radius 1 is 1.38 bits per heavy atom. The molecule has 1 aliphatic rings. The number of nitrogen functional groups attached to an aromatic ring is 1. The van der Waals surface area contributed by atoms with Gasteiger partial charge >= 0.3 is 0 Å². The van der Waals surface area contributed by atoms with Gasteiger partial charge in [-0.05, 0) is 42.9 Å². The van der Waals surface area contributed by atoms with Crippen molar-refractivity contribution >= 4 is 5.69 Å². The van der Waals surface area contributed by atoms with Crippen LogP contribution in [0.15, 0.2) is 12.1 Å². The van der Waals surface area contributed by atoms with Crippen LogP contribution in [0.25, 0.3) is 0 Å². The molecule has 13 heavy (non-hydrogen) atoms. The van der Waals surface area contributed by atoms with E-state index in [1.165, 1.54) is 23.1 Å². The predicted molar refractivity (Wildman–Crippen MR) is 55.5 cm³/mol. The highest BCUT2D eigenvalue weighted by Gasteiger charge is 2.18. The SMILES string of the molecule is Cc1ccc2c(c1N)CCC[C@H]2N. The van der Waals surface area contributed by atoms with E-state index in [4.69, 9.17) is 11.5 Å². The second-order valence-corrected chi connectivity index (χ2v) is 3.86. The van der Waals surface area contributed by atoms with Crippen molar-refractivity contribution in [1.29, 1.82) is 0 Å². The monoisotopic (exact) mass is 176 g/mol. The molecule has 0 saturated heterocycles. The Morgan fingerprint density at radius 3 is 2.92 bits per heavy atom. The Balaban J connectivity index is 2.56. The quantitative estimate of drug-likeness (QED) is 0.593. The molecule has 0 aromatic heterocycles. The van der Waals surface area contributed by atoms with Crippen LogP contribution in [0.4, 0.5) is 5.69 Å². The molecule has 0 saturated carbocycles. The lowest BCUT2D eigenvalue weighted by atomic mass is 9.86. The first-order valence-electron chi connectivity index (χ1n) is 4.83. The van der Waals surface area contributed by atoms with E-state index >= 15 is 0 Å². The van der Waals surface area contributed by atoms with Gasteiger partial charge in [-0.3, -0.25) is 0 Å². The van der Waals surface area contributed by atoms with Crippen LogP contribution in [-0.4, -0.2) is 0 Å². The summed E-state index contributed by atoms with van der Waals surface area (Å²) >= 11 is 0. The van der Waals surface area contributed by atoms with Gasteiger partial charge in [0.05, 0.1) is 0 Å². The Hall–Kier alpha value is -1.02. The second kappa shape index (κ2) is 3.04. The van der Waals surface area contributed by atoms with Gasteiger partial charge in [-0.1, -0.05) is 12.1 Å². The molecule has 0 spiro atoms. The molecule has 0 radical (unpaired) electrons. The molecule has 1 aromatic rings. The number of aryl methyl sites for hydroxylation is 1. The maximum atomic E-state index is 6.01. The van der Waals surface area contributed by atoms with Crippen LogP contribution in [0.5, 0.6) is 0 Å². The van der Waals surface area contributed by atoms with Crippen molar-refractivity contribution in [1.82, 2.24) is 0 Å². The summed E-state index contributed by atoms with van der Waals surface area (Å²) in [6, 6.07) is 4.40. The van der Waals surface area contributed by atoms with Crippen molar-refractivity contribution in [2.75, 3.05) is 5.73 Å². The second-order valence-electron chi connectivity index (χ2n) is 3.86. The summed E-state index contributed by atoms with van der Waals surface area (Å²) in [6.45, 7) is 2.05. The number of hydrogen-bond acceptors (Lipinski definition) is 2. The molecular weight excluding hydrogens is 160 g/mol. The molecule has 0 unspecified atom stereocenters. The first-order valence-corrected chi connectivity index (χ1v) is 4.83. The van der Waals surface area contributed by atoms with E-state index in [9.17, 15) is 0 Å². The van der Waals surface area contributed by atoms with Crippen LogP contribution in [-0.2, 0) is 6.42 Å². The largest absolute Gasteiger partial charge is 0.398 e. The molecule has 0 fully saturated rings. The van der Waals surface area contributed by atoms with E-state index in [-0.39, 0.29) is 6.04 Å². The highest BCUT2D eigenvalue weighted by atomic mass is 14.7. The fourth-order valence-corrected chi connectivity index (χ4v) is 2.08. The van der Waals surface area contributed by atoms with E-state index in [1.54, 1.807) is 0 Å². The first-order chi connectivity index (χ1) is 6.20. The van der Waals surface area contributed by atoms with E-state index in [1.807, 2.05) is 0 Å². The normalized spacial score (nSPS) is 21.2. The molecule has 0 amide bonds. The number of fused-ring (bicyclic) bond motifs is 1. The smallest absolute Gasteiger partial charge is 0.0379 e. The van der Waals surface area contributed by atoms with Gasteiger partial charge in [0.15, 0.2) is 0 Å². The third kappa shape index (κ3) is 1.31. The van der Waals surface area contributed by atoms with Crippen LogP contribution in [0.2, 0.25) is 0 Å². The fraction of sp³-hybridized carbons (Fsp3) is 0.455. The summed E-state index contributed by atoms with van der Waals surface area (Å²) in [4.78, 5) is 0. The van der Waals surface area contributed by atoms with Gasteiger partial charge < -0.3 is 11.5 Å². The maximum absolute atomic E-state index is 6.01. The average Bonchev–Trinajstić information content (AvgIpc) is 2.12. The Morgan fingerprint density at radius 2 is 2.15 bits per heavy atom. The summed E-state index contributed by atoms with van der Waals surface area (Å²) in [7, 11) is 0. The molecule has 0 bridgehead atoms. The van der Waals surface area contributed by atoms with Crippen molar-refractivity contribution in [2.45, 2.75) is 32.2 Å². The van der Waals surface area contributed by atoms with Gasteiger partial charge in [-0.2, -0.15) is 0 Å². The summed E-state index contributed by atoms with van der Waals surface area (Å²) in [5, 5.41) is 0. The van der Waals surface area contributed by atoms with Crippen molar-refractivity contribution in [3.05, 3.63) is 28.8 Å². The van der Waals surface area contributed by atoms with E-state index < -0.39 is 0 Å². The first kappa shape index (κ1) is 8.57. The summed E-state index contributed by atoms with van der Waals surface area (Å²) in [5.41, 5.74) is 16.7. The molecule has 2 nitrogen and oxygen atoms in total. The Kier molecular flexibility index (Phi) is 2.00. The van der Waals surface area contributed by atoms with Crippen LogP contribution in [0.3, 0.4) is 0 Å². The number of hydrogen-bond donors (Lipinski definition) is 2. The molecule has 1 aromatic carbocycles. The zero-order chi connectivity index (χ0) is 9.42. The van der Waals surface area contributed by atoms with Gasteiger partial charge in [0.2, 0.25) is 0 Å². The van der Waals surface area contributed by atoms with Gasteiger partial charge in [0.25, 0.3) is 0 Å². The lowest BCUT2D eigenvalue weighted by molar-refractivity contribution is 0.571. The van der Waals surface area contributed by atoms with Gasteiger partial charge in [0.1, 0.15) is 0 Å². The number of benzene rings is 1. The third-order valence-corrected chi connectivity index (χ3v) is 2.95. The van der Waals surface area contributed by atoms with E-state index in [0.29, 0.717) is 0 Å². The minimum atomic E-state index is 0.201. The molecule has 0 heterocycles. The third-order valence-electron chi connectivity index (χ3n) is 2.95. The van der Waals surface area contributed by atoms with E-state index in [2.05, 4.69) is 19.1 Å². The lowest BCUT2D eigenvalue weighted by Gasteiger charge is -2.24. The van der Waals surface area contributed by atoms with Crippen LogP contribution in [0, 0.1) is 6.92 Å². The molecule has 2 rings (SSSR count). The zero-order valence-electron chi connectivity index (χ0n) is 8.01. The standard InChI is InChI=1S/C11H16N2/c1-7-5-6-8-9(11(7)13)3-2-4-10(8)12/h5-6,10H,2-4,12-13H2,1H3/t10-/m1/s1. The minimum absolute atomic E-state index is 0.201. The van der Waals surface area contributed by atoms with Crippen molar-refractivity contribution in [2.24, 2.45) is 5.73 Å². The van der Waals surface area contributed by atoms with E-state index in [0.717, 1.165) is 18.5 Å². The molecule has 4 N–H and O–H groups in total. The van der Waals surface area contributed by atoms with Crippen LogP contribution in [0.1, 0.15) is 35.6 Å². The minimum Gasteiger partial charge on any atom is -0.398 e. The maximum Gasteiger partial charge on any atom is 0.0379 e. The molecule has 2 heteroatoms. The highest BCUT2D eigenvalue weighted by Crippen LogP contribution is 2.32. The highest BCUT2D eigenvalue weighted by molar-refractivity contribution is 5.58. The number of rotatable bonds is 0. The average molecular weight is 176 g/mol. The van der Waals surface area contributed by atoms with Crippen molar-refractivity contribution in [3.63, 3.8) is 0 Å². The number of nitrogens with two attached hydrogens (primary N) is 2. The van der Waals surface area contributed by atoms with Gasteiger partial charge in [-0.25, -0.2) is 0 Å². The topological polar surface area (TPSA) is 52.0 Å². The Bertz CT molecular complexity index is 331. The summed E-state index contributed by atoms with van der Waals surface area (Å²) < 4.78 is 0. The molecule has 1 atom stereocenters. The zero-order valence-corrected chi connectivity index (χ0v) is 8.01. The molecular formula is C11H16N2. The summed E-state index contributed by atoms with van der Waals surface area (Å²) in [6.07, 6.45) is 3.36. The molecule has 1 aliphatic carbocycles. The van der Waals surface area contributed by atoms with Crippen molar-refractivity contribution < 1.29 is 0 Å². The lowest BCUT2D eigenvalue weighted by Crippen LogP contribution is -2.18. The van der Waals surface area contributed by atoms with Crippen molar-refractivity contribution in [3.8, 4) is 0 Å². The summed E-state index contributed by atoms with van der Waals surface area (Å²) in [5.74, 6) is 0. The van der Waals surface area contributed by atoms with Crippen LogP contribution >= 0.6 is 0 Å². The van der Waals surface area contributed by atoms with Gasteiger partial charge in [0, 0.05) is 11.7 Å². The van der Waals surface area contributed by atoms with Crippen LogP contribution < -0.4 is 11.5 Å². The molecule has 0 aliphatic heterocycles. The predicted octanol–water partition coefficient (Wildman–Crippen LogP) is 1.91. The fourth-order valence-electron chi connectivity index (χ4n) is 2.08.